The van der Waals surface area contributed by atoms with Gasteiger partial charge in [0.25, 0.3) is 0 Å². The van der Waals surface area contributed by atoms with Crippen LogP contribution < -0.4 is 0 Å². The molecule has 136 valence electrons. The molecular weight excluding hydrogens is 358 g/mol. The van der Waals surface area contributed by atoms with Crippen molar-refractivity contribution in [2.75, 3.05) is 0 Å². The van der Waals surface area contributed by atoms with Crippen LogP contribution in [0, 0.1) is 0 Å². The number of fused-ring (bicyclic) bond motifs is 1. The SMILES string of the molecule is CCC1SC(=NN=Cc2ccco2)N(Cc2cccc3ccccc23)C1=O. The number of amidine groups is 1. The van der Waals surface area contributed by atoms with Crippen LogP contribution in [0.3, 0.4) is 0 Å². The summed E-state index contributed by atoms with van der Waals surface area (Å²) in [7, 11) is 0. The molecular formula is C21H19N3O2S. The highest BCUT2D eigenvalue weighted by atomic mass is 32.2. The molecule has 0 spiro atoms. The maximum absolute atomic E-state index is 12.8. The Morgan fingerprint density at radius 3 is 2.81 bits per heavy atom. The Bertz CT molecular complexity index is 1010. The van der Waals surface area contributed by atoms with E-state index in [1.807, 2.05) is 25.1 Å². The second-order valence-corrected chi connectivity index (χ2v) is 7.39. The van der Waals surface area contributed by atoms with Crippen molar-refractivity contribution < 1.29 is 9.21 Å². The third-order valence-electron chi connectivity index (χ3n) is 4.47. The van der Waals surface area contributed by atoms with E-state index in [1.54, 1.807) is 29.5 Å². The Hall–Kier alpha value is -2.86. The molecule has 27 heavy (non-hydrogen) atoms. The van der Waals surface area contributed by atoms with Gasteiger partial charge < -0.3 is 4.42 Å². The molecule has 4 rings (SSSR count). The largest absolute Gasteiger partial charge is 0.463 e. The van der Waals surface area contributed by atoms with Gasteiger partial charge in [-0.1, -0.05) is 61.2 Å². The highest BCUT2D eigenvalue weighted by molar-refractivity contribution is 8.15. The van der Waals surface area contributed by atoms with Crippen LogP contribution in [0.25, 0.3) is 10.8 Å². The Kier molecular flexibility index (Phi) is 5.07. The summed E-state index contributed by atoms with van der Waals surface area (Å²) in [5, 5.41) is 11.2. The average molecular weight is 377 g/mol. The molecule has 0 radical (unpaired) electrons. The van der Waals surface area contributed by atoms with Crippen LogP contribution in [-0.4, -0.2) is 27.4 Å². The zero-order valence-electron chi connectivity index (χ0n) is 14.9. The molecule has 1 saturated heterocycles. The lowest BCUT2D eigenvalue weighted by molar-refractivity contribution is -0.126. The molecule has 1 aliphatic rings. The van der Waals surface area contributed by atoms with E-state index in [4.69, 9.17) is 4.42 Å². The predicted octanol–water partition coefficient (Wildman–Crippen LogP) is 4.68. The summed E-state index contributed by atoms with van der Waals surface area (Å²) in [5.74, 6) is 0.712. The van der Waals surface area contributed by atoms with Crippen LogP contribution >= 0.6 is 11.8 Å². The first-order valence-corrected chi connectivity index (χ1v) is 9.73. The number of nitrogens with zero attached hydrogens (tertiary/aromatic N) is 3. The van der Waals surface area contributed by atoms with Crippen LogP contribution in [0.5, 0.6) is 0 Å². The summed E-state index contributed by atoms with van der Waals surface area (Å²) < 4.78 is 5.23. The van der Waals surface area contributed by atoms with Crippen molar-refractivity contribution in [3.63, 3.8) is 0 Å². The van der Waals surface area contributed by atoms with Gasteiger partial charge >= 0.3 is 0 Å². The van der Waals surface area contributed by atoms with Crippen LogP contribution in [0.4, 0.5) is 0 Å². The van der Waals surface area contributed by atoms with Gasteiger partial charge in [-0.15, -0.1) is 5.10 Å². The van der Waals surface area contributed by atoms with Gasteiger partial charge in [0.2, 0.25) is 5.91 Å². The van der Waals surface area contributed by atoms with E-state index in [1.165, 1.54) is 11.8 Å². The molecule has 0 aliphatic carbocycles. The third kappa shape index (κ3) is 3.66. The highest BCUT2D eigenvalue weighted by Gasteiger charge is 2.37. The molecule has 0 N–H and O–H groups in total. The van der Waals surface area contributed by atoms with Gasteiger partial charge in [-0.3, -0.25) is 9.69 Å². The van der Waals surface area contributed by atoms with Crippen LogP contribution in [0.15, 0.2) is 75.5 Å². The number of carbonyl (C=O) groups is 1. The fourth-order valence-corrected chi connectivity index (χ4v) is 4.12. The third-order valence-corrected chi connectivity index (χ3v) is 5.80. The van der Waals surface area contributed by atoms with Crippen molar-refractivity contribution >= 4 is 39.8 Å². The average Bonchev–Trinajstić information content (AvgIpc) is 3.31. The Morgan fingerprint density at radius 2 is 2.00 bits per heavy atom. The maximum Gasteiger partial charge on any atom is 0.242 e. The van der Waals surface area contributed by atoms with Gasteiger partial charge in [0.1, 0.15) is 5.76 Å². The molecule has 1 amide bonds. The van der Waals surface area contributed by atoms with E-state index in [-0.39, 0.29) is 11.2 Å². The summed E-state index contributed by atoms with van der Waals surface area (Å²) in [4.78, 5) is 14.6. The molecule has 5 nitrogen and oxygen atoms in total. The number of hydrogen-bond donors (Lipinski definition) is 0. The lowest BCUT2D eigenvalue weighted by Crippen LogP contribution is -2.31. The fraction of sp³-hybridized carbons (Fsp3) is 0.190. The highest BCUT2D eigenvalue weighted by Crippen LogP contribution is 2.32. The van der Waals surface area contributed by atoms with Crippen molar-refractivity contribution in [2.45, 2.75) is 25.1 Å². The molecule has 3 aromatic rings. The standard InChI is InChI=1S/C21H19N3O2S/c1-2-19-20(25)24(21(27-19)23-22-13-17-10-6-12-26-17)14-16-9-5-8-15-7-3-4-11-18(15)16/h3-13,19H,2,14H2,1H3. The minimum Gasteiger partial charge on any atom is -0.463 e. The minimum atomic E-state index is -0.113. The quantitative estimate of drug-likeness (QED) is 0.479. The number of thioether (sulfide) groups is 1. The second kappa shape index (κ2) is 7.80. The number of amides is 1. The molecule has 1 atom stereocenters. The lowest BCUT2D eigenvalue weighted by Gasteiger charge is -2.17. The zero-order chi connectivity index (χ0) is 18.6. The molecule has 6 heteroatoms. The number of carbonyl (C=O) groups excluding carboxylic acids is 1. The van der Waals surface area contributed by atoms with E-state index in [9.17, 15) is 4.79 Å². The molecule has 1 aliphatic heterocycles. The second-order valence-electron chi connectivity index (χ2n) is 6.22. The van der Waals surface area contributed by atoms with Crippen molar-refractivity contribution in [1.29, 1.82) is 0 Å². The molecule has 2 heterocycles. The maximum atomic E-state index is 12.8. The lowest BCUT2D eigenvalue weighted by atomic mass is 10.0. The van der Waals surface area contributed by atoms with Gasteiger partial charge in [-0.25, -0.2) is 0 Å². The van der Waals surface area contributed by atoms with E-state index >= 15 is 0 Å². The zero-order valence-corrected chi connectivity index (χ0v) is 15.7. The van der Waals surface area contributed by atoms with Gasteiger partial charge in [0.05, 0.1) is 24.3 Å². The molecule has 0 saturated carbocycles. The Labute approximate surface area is 161 Å². The topological polar surface area (TPSA) is 58.2 Å². The van der Waals surface area contributed by atoms with Gasteiger partial charge in [-0.05, 0) is 34.9 Å². The van der Waals surface area contributed by atoms with Crippen molar-refractivity contribution in [3.8, 4) is 0 Å². The first kappa shape index (κ1) is 17.5. The molecule has 2 aromatic carbocycles. The smallest absolute Gasteiger partial charge is 0.242 e. The summed E-state index contributed by atoms with van der Waals surface area (Å²) in [6.07, 6.45) is 3.89. The first-order valence-electron chi connectivity index (χ1n) is 8.85. The van der Waals surface area contributed by atoms with Crippen LogP contribution in [0.1, 0.15) is 24.7 Å². The minimum absolute atomic E-state index is 0.0855. The van der Waals surface area contributed by atoms with E-state index in [0.29, 0.717) is 17.5 Å². The van der Waals surface area contributed by atoms with Gasteiger partial charge in [-0.2, -0.15) is 5.10 Å². The van der Waals surface area contributed by atoms with Crippen molar-refractivity contribution in [1.82, 2.24) is 4.90 Å². The van der Waals surface area contributed by atoms with Crippen molar-refractivity contribution in [2.24, 2.45) is 10.2 Å². The number of benzene rings is 2. The monoisotopic (exact) mass is 377 g/mol. The number of rotatable bonds is 5. The van der Waals surface area contributed by atoms with Crippen molar-refractivity contribution in [3.05, 3.63) is 72.2 Å². The molecule has 1 unspecified atom stereocenters. The summed E-state index contributed by atoms with van der Waals surface area (Å²) in [6.45, 7) is 2.50. The Balaban J connectivity index is 1.64. The van der Waals surface area contributed by atoms with Crippen LogP contribution in [0.2, 0.25) is 0 Å². The Morgan fingerprint density at radius 1 is 1.15 bits per heavy atom. The number of furan rings is 1. The van der Waals surface area contributed by atoms with E-state index in [2.05, 4.69) is 34.5 Å². The van der Waals surface area contributed by atoms with E-state index in [0.717, 1.165) is 22.8 Å². The molecule has 1 aromatic heterocycles. The normalized spacial score (nSPS) is 19.0. The van der Waals surface area contributed by atoms with Crippen LogP contribution in [-0.2, 0) is 11.3 Å². The van der Waals surface area contributed by atoms with Gasteiger partial charge in [0.15, 0.2) is 5.17 Å². The van der Waals surface area contributed by atoms with E-state index < -0.39 is 0 Å². The first-order chi connectivity index (χ1) is 13.3. The van der Waals surface area contributed by atoms with Gasteiger partial charge in [0, 0.05) is 0 Å². The fourth-order valence-electron chi connectivity index (χ4n) is 3.09. The predicted molar refractivity (Wildman–Crippen MR) is 110 cm³/mol. The number of hydrogen-bond acceptors (Lipinski definition) is 5. The summed E-state index contributed by atoms with van der Waals surface area (Å²) in [6, 6.07) is 18.0. The summed E-state index contributed by atoms with van der Waals surface area (Å²) >= 11 is 1.47. The summed E-state index contributed by atoms with van der Waals surface area (Å²) in [5.41, 5.74) is 1.10. The molecule has 1 fully saturated rings. The molecule has 0 bridgehead atoms.